The zero-order chi connectivity index (χ0) is 18.8. The summed E-state index contributed by atoms with van der Waals surface area (Å²) in [6, 6.07) is 16.1. The highest BCUT2D eigenvalue weighted by molar-refractivity contribution is 7.16. The van der Waals surface area contributed by atoms with Gasteiger partial charge in [-0.1, -0.05) is 41.9 Å². The van der Waals surface area contributed by atoms with Gasteiger partial charge in [0.1, 0.15) is 0 Å². The number of hydrogen-bond acceptors (Lipinski definition) is 4. The van der Waals surface area contributed by atoms with E-state index in [4.69, 9.17) is 11.6 Å². The highest BCUT2D eigenvalue weighted by atomic mass is 35.5. The van der Waals surface area contributed by atoms with Gasteiger partial charge in [0.2, 0.25) is 5.13 Å². The van der Waals surface area contributed by atoms with Gasteiger partial charge < -0.3 is 4.57 Å². The molecule has 0 saturated carbocycles. The van der Waals surface area contributed by atoms with Crippen LogP contribution in [-0.4, -0.2) is 15.8 Å². The molecule has 1 N–H and O–H groups in total. The molecule has 4 nitrogen and oxygen atoms in total. The molecular weight excluding hydrogens is 376 g/mol. The first-order valence-corrected chi connectivity index (χ1v) is 9.95. The van der Waals surface area contributed by atoms with Crippen molar-refractivity contribution in [2.45, 2.75) is 20.4 Å². The van der Waals surface area contributed by atoms with Crippen molar-refractivity contribution in [3.8, 4) is 11.3 Å². The summed E-state index contributed by atoms with van der Waals surface area (Å²) in [4.78, 5) is 5.79. The third kappa shape index (κ3) is 3.61. The standard InChI is InChI=1S/C21H19ClN4S/c1-3-26-13-16(18-9-4-5-10-19(18)26)12-23-25-21-24-20(14(2)27-21)15-7-6-8-17(22)11-15/h4-13H,3H2,1-2H3,(H,24,25)/b23-12+. The van der Waals surface area contributed by atoms with Crippen molar-refractivity contribution < 1.29 is 0 Å². The zero-order valence-electron chi connectivity index (χ0n) is 15.1. The summed E-state index contributed by atoms with van der Waals surface area (Å²) in [7, 11) is 0. The average Bonchev–Trinajstić information content (AvgIpc) is 3.22. The molecular formula is C21H19ClN4S. The van der Waals surface area contributed by atoms with Gasteiger partial charge in [-0.15, -0.1) is 11.3 Å². The molecule has 0 unspecified atom stereocenters. The SMILES string of the molecule is CCn1cc(/C=N/Nc2nc(-c3cccc(Cl)c3)c(C)s2)c2ccccc21. The van der Waals surface area contributed by atoms with Crippen LogP contribution in [0.4, 0.5) is 5.13 Å². The Morgan fingerprint density at radius 1 is 1.22 bits per heavy atom. The molecule has 136 valence electrons. The van der Waals surface area contributed by atoms with Crippen molar-refractivity contribution in [3.05, 3.63) is 70.2 Å². The van der Waals surface area contributed by atoms with E-state index in [1.807, 2.05) is 30.5 Å². The molecule has 0 amide bonds. The van der Waals surface area contributed by atoms with Gasteiger partial charge in [-0.2, -0.15) is 5.10 Å². The summed E-state index contributed by atoms with van der Waals surface area (Å²) in [5, 5.41) is 7.07. The number of nitrogens with one attached hydrogen (secondary N) is 1. The van der Waals surface area contributed by atoms with Crippen LogP contribution in [0.15, 0.2) is 59.8 Å². The molecule has 0 spiro atoms. The first-order chi connectivity index (χ1) is 13.2. The number of rotatable bonds is 5. The molecule has 2 aromatic heterocycles. The summed E-state index contributed by atoms with van der Waals surface area (Å²) >= 11 is 7.68. The van der Waals surface area contributed by atoms with Crippen molar-refractivity contribution in [1.82, 2.24) is 9.55 Å². The predicted octanol–water partition coefficient (Wildman–Crippen LogP) is 6.19. The third-order valence-electron chi connectivity index (χ3n) is 4.42. The van der Waals surface area contributed by atoms with Crippen LogP contribution in [0.25, 0.3) is 22.2 Å². The number of para-hydroxylation sites is 1. The smallest absolute Gasteiger partial charge is 0.204 e. The van der Waals surface area contributed by atoms with E-state index in [0.717, 1.165) is 33.4 Å². The van der Waals surface area contributed by atoms with Crippen molar-refractivity contribution in [1.29, 1.82) is 0 Å². The lowest BCUT2D eigenvalue weighted by molar-refractivity contribution is 0.797. The van der Waals surface area contributed by atoms with E-state index in [1.54, 1.807) is 11.3 Å². The van der Waals surface area contributed by atoms with Gasteiger partial charge in [0.15, 0.2) is 0 Å². The van der Waals surface area contributed by atoms with E-state index >= 15 is 0 Å². The van der Waals surface area contributed by atoms with Gasteiger partial charge in [-0.25, -0.2) is 4.98 Å². The van der Waals surface area contributed by atoms with Crippen molar-refractivity contribution in [2.24, 2.45) is 5.10 Å². The number of aryl methyl sites for hydroxylation is 2. The number of thiazole rings is 1. The minimum atomic E-state index is 0.708. The fraction of sp³-hybridized carbons (Fsp3) is 0.143. The van der Waals surface area contributed by atoms with Crippen LogP contribution in [-0.2, 0) is 6.54 Å². The summed E-state index contributed by atoms with van der Waals surface area (Å²) in [6.45, 7) is 5.12. The average molecular weight is 395 g/mol. The largest absolute Gasteiger partial charge is 0.347 e. The number of benzene rings is 2. The van der Waals surface area contributed by atoms with E-state index in [-0.39, 0.29) is 0 Å². The Hall–Kier alpha value is -2.63. The maximum Gasteiger partial charge on any atom is 0.204 e. The molecule has 0 saturated heterocycles. The molecule has 0 aliphatic heterocycles. The summed E-state index contributed by atoms with van der Waals surface area (Å²) in [5.41, 5.74) is 7.32. The maximum absolute atomic E-state index is 6.10. The lowest BCUT2D eigenvalue weighted by atomic mass is 10.1. The van der Waals surface area contributed by atoms with Crippen LogP contribution in [0.2, 0.25) is 5.02 Å². The van der Waals surface area contributed by atoms with Gasteiger partial charge in [-0.3, -0.25) is 5.43 Å². The fourth-order valence-corrected chi connectivity index (χ4v) is 4.12. The van der Waals surface area contributed by atoms with Crippen molar-refractivity contribution in [3.63, 3.8) is 0 Å². The molecule has 4 aromatic rings. The van der Waals surface area contributed by atoms with Gasteiger partial charge in [0, 0.05) is 44.7 Å². The van der Waals surface area contributed by atoms with Crippen LogP contribution >= 0.6 is 22.9 Å². The first kappa shape index (κ1) is 17.8. The molecule has 0 atom stereocenters. The Balaban J connectivity index is 1.57. The molecule has 6 heteroatoms. The number of aromatic nitrogens is 2. The van der Waals surface area contributed by atoms with Gasteiger partial charge in [0.25, 0.3) is 0 Å². The zero-order valence-corrected chi connectivity index (χ0v) is 16.7. The maximum atomic E-state index is 6.10. The highest BCUT2D eigenvalue weighted by Gasteiger charge is 2.10. The number of hydrazone groups is 1. The molecule has 0 bridgehead atoms. The minimum absolute atomic E-state index is 0.708. The molecule has 0 aliphatic rings. The van der Waals surface area contributed by atoms with Gasteiger partial charge in [0.05, 0.1) is 11.9 Å². The molecule has 0 aliphatic carbocycles. The third-order valence-corrected chi connectivity index (χ3v) is 5.53. The van der Waals surface area contributed by atoms with Crippen molar-refractivity contribution in [2.75, 3.05) is 5.43 Å². The van der Waals surface area contributed by atoms with Crippen LogP contribution in [0.3, 0.4) is 0 Å². The topological polar surface area (TPSA) is 42.2 Å². The van der Waals surface area contributed by atoms with E-state index in [2.05, 4.69) is 64.4 Å². The second-order valence-corrected chi connectivity index (χ2v) is 7.83. The predicted molar refractivity (Wildman–Crippen MR) is 116 cm³/mol. The van der Waals surface area contributed by atoms with E-state index in [1.165, 1.54) is 10.9 Å². The van der Waals surface area contributed by atoms with E-state index in [0.29, 0.717) is 5.02 Å². The van der Waals surface area contributed by atoms with Crippen LogP contribution in [0, 0.1) is 6.92 Å². The Bertz CT molecular complexity index is 1130. The molecule has 0 radical (unpaired) electrons. The first-order valence-electron chi connectivity index (χ1n) is 8.76. The Morgan fingerprint density at radius 2 is 2.07 bits per heavy atom. The fourth-order valence-electron chi connectivity index (χ4n) is 3.14. The summed E-state index contributed by atoms with van der Waals surface area (Å²) in [6.07, 6.45) is 3.98. The molecule has 2 heterocycles. The van der Waals surface area contributed by atoms with Gasteiger partial charge >= 0.3 is 0 Å². The monoisotopic (exact) mass is 394 g/mol. The number of anilines is 1. The lowest BCUT2D eigenvalue weighted by Gasteiger charge is -1.98. The number of hydrogen-bond donors (Lipinski definition) is 1. The summed E-state index contributed by atoms with van der Waals surface area (Å²) < 4.78 is 2.22. The molecule has 4 rings (SSSR count). The Labute approximate surface area is 167 Å². The van der Waals surface area contributed by atoms with Crippen LogP contribution in [0.1, 0.15) is 17.4 Å². The molecule has 0 fully saturated rings. The Morgan fingerprint density at radius 3 is 2.89 bits per heavy atom. The van der Waals surface area contributed by atoms with Crippen LogP contribution in [0.5, 0.6) is 0 Å². The normalized spacial score (nSPS) is 11.5. The highest BCUT2D eigenvalue weighted by Crippen LogP contribution is 2.31. The quantitative estimate of drug-likeness (QED) is 0.324. The summed E-state index contributed by atoms with van der Waals surface area (Å²) in [5.74, 6) is 0. The van der Waals surface area contributed by atoms with Crippen LogP contribution < -0.4 is 5.43 Å². The lowest BCUT2D eigenvalue weighted by Crippen LogP contribution is -1.91. The van der Waals surface area contributed by atoms with Gasteiger partial charge in [-0.05, 0) is 32.0 Å². The van der Waals surface area contributed by atoms with Crippen molar-refractivity contribution >= 4 is 45.2 Å². The second-order valence-electron chi connectivity index (χ2n) is 6.19. The number of nitrogens with zero attached hydrogens (tertiary/aromatic N) is 3. The minimum Gasteiger partial charge on any atom is -0.347 e. The number of halogens is 1. The molecule has 27 heavy (non-hydrogen) atoms. The Kier molecular flexibility index (Phi) is 4.97. The number of fused-ring (bicyclic) bond motifs is 1. The molecule has 2 aromatic carbocycles. The van der Waals surface area contributed by atoms with E-state index < -0.39 is 0 Å². The van der Waals surface area contributed by atoms with E-state index in [9.17, 15) is 0 Å². The second kappa shape index (κ2) is 7.55.